The second-order valence-electron chi connectivity index (χ2n) is 8.71. The van der Waals surface area contributed by atoms with E-state index in [9.17, 15) is 9.59 Å². The second-order valence-corrected chi connectivity index (χ2v) is 8.71. The fourth-order valence-corrected chi connectivity index (χ4v) is 4.63. The molecule has 1 fully saturated rings. The fourth-order valence-electron chi connectivity index (χ4n) is 4.63. The van der Waals surface area contributed by atoms with Crippen molar-refractivity contribution >= 4 is 11.7 Å². The van der Waals surface area contributed by atoms with Gasteiger partial charge < -0.3 is 15.0 Å². The number of ketones is 1. The van der Waals surface area contributed by atoms with Crippen molar-refractivity contribution in [3.05, 3.63) is 52.8 Å². The van der Waals surface area contributed by atoms with Crippen LogP contribution in [0.5, 0.6) is 5.75 Å². The Morgan fingerprint density at radius 2 is 1.94 bits per heavy atom. The third-order valence-electron chi connectivity index (χ3n) is 6.43. The number of benzene rings is 1. The van der Waals surface area contributed by atoms with Crippen molar-refractivity contribution in [2.24, 2.45) is 11.7 Å². The molecule has 1 aromatic heterocycles. The molecule has 3 rings (SSSR count). The minimum Gasteiger partial charge on any atom is -0.497 e. The number of nitrogens with two attached hydrogens (primary N) is 1. The molecule has 6 heteroatoms. The van der Waals surface area contributed by atoms with Crippen molar-refractivity contribution in [3.8, 4) is 5.75 Å². The van der Waals surface area contributed by atoms with Crippen LogP contribution in [0.1, 0.15) is 53.0 Å². The summed E-state index contributed by atoms with van der Waals surface area (Å²) in [6, 6.07) is 10.2. The van der Waals surface area contributed by atoms with E-state index in [2.05, 4.69) is 28.5 Å². The number of carbonyl (C=O) groups is 2. The molecule has 2 aromatic rings. The van der Waals surface area contributed by atoms with Gasteiger partial charge in [-0.1, -0.05) is 12.1 Å². The first-order chi connectivity index (χ1) is 14.9. The molecule has 0 saturated carbocycles. The first-order valence-corrected chi connectivity index (χ1v) is 11.2. The smallest absolute Gasteiger partial charge is 0.217 e. The molecule has 1 aliphatic heterocycles. The standard InChI is InChI=1S/C25H35N3O3/c1-18-15-23(19(2)28(18)14-12-20-6-9-22(31-3)10-7-20)24(29)17-27-13-4-5-21(16-27)8-11-25(26)30/h6-7,9-10,15,21H,4-5,8,11-14,16-17H2,1-3H3,(H2,26,30). The van der Waals surface area contributed by atoms with Crippen molar-refractivity contribution in [1.82, 2.24) is 9.47 Å². The molecule has 0 radical (unpaired) electrons. The zero-order chi connectivity index (χ0) is 22.4. The number of primary amides is 1. The van der Waals surface area contributed by atoms with Gasteiger partial charge in [0.1, 0.15) is 5.75 Å². The lowest BCUT2D eigenvalue weighted by atomic mass is 9.93. The number of amides is 1. The van der Waals surface area contributed by atoms with Crippen LogP contribution in [0.3, 0.4) is 0 Å². The molecule has 1 aromatic carbocycles. The van der Waals surface area contributed by atoms with Crippen LogP contribution in [-0.2, 0) is 17.8 Å². The van der Waals surface area contributed by atoms with Gasteiger partial charge in [0, 0.05) is 36.5 Å². The van der Waals surface area contributed by atoms with Gasteiger partial charge in [0.2, 0.25) is 5.91 Å². The number of rotatable bonds is 10. The molecule has 1 saturated heterocycles. The second kappa shape index (κ2) is 10.6. The van der Waals surface area contributed by atoms with E-state index >= 15 is 0 Å². The molecule has 0 aliphatic carbocycles. The largest absolute Gasteiger partial charge is 0.497 e. The average Bonchev–Trinajstić information content (AvgIpc) is 3.05. The summed E-state index contributed by atoms with van der Waals surface area (Å²) in [4.78, 5) is 26.4. The minimum absolute atomic E-state index is 0.180. The van der Waals surface area contributed by atoms with Gasteiger partial charge in [0.15, 0.2) is 5.78 Å². The maximum absolute atomic E-state index is 13.1. The number of piperidine rings is 1. The number of ether oxygens (including phenoxy) is 1. The normalized spacial score (nSPS) is 16.9. The molecule has 31 heavy (non-hydrogen) atoms. The van der Waals surface area contributed by atoms with Gasteiger partial charge in [0.25, 0.3) is 0 Å². The number of nitrogens with zero attached hydrogens (tertiary/aromatic N) is 2. The molecule has 2 N–H and O–H groups in total. The van der Waals surface area contributed by atoms with Gasteiger partial charge in [0.05, 0.1) is 13.7 Å². The third kappa shape index (κ3) is 6.20. The Kier molecular flexibility index (Phi) is 7.91. The zero-order valence-corrected chi connectivity index (χ0v) is 19.0. The lowest BCUT2D eigenvalue weighted by molar-refractivity contribution is -0.118. The summed E-state index contributed by atoms with van der Waals surface area (Å²) in [5.41, 5.74) is 9.52. The fraction of sp³-hybridized carbons (Fsp3) is 0.520. The summed E-state index contributed by atoms with van der Waals surface area (Å²) < 4.78 is 7.46. The van der Waals surface area contributed by atoms with Crippen molar-refractivity contribution < 1.29 is 14.3 Å². The number of hydrogen-bond acceptors (Lipinski definition) is 4. The predicted octanol–water partition coefficient (Wildman–Crippen LogP) is 3.52. The van der Waals surface area contributed by atoms with Crippen molar-refractivity contribution in [1.29, 1.82) is 0 Å². The Bertz CT molecular complexity index is 901. The highest BCUT2D eigenvalue weighted by atomic mass is 16.5. The van der Waals surface area contributed by atoms with Crippen LogP contribution in [0.15, 0.2) is 30.3 Å². The van der Waals surface area contributed by atoms with Crippen LogP contribution >= 0.6 is 0 Å². The average molecular weight is 426 g/mol. The van der Waals surface area contributed by atoms with Crippen LogP contribution in [0.25, 0.3) is 0 Å². The number of aryl methyl sites for hydroxylation is 2. The Hall–Kier alpha value is -2.60. The number of likely N-dealkylation sites (tertiary alicyclic amines) is 1. The van der Waals surface area contributed by atoms with Crippen LogP contribution in [0.2, 0.25) is 0 Å². The highest BCUT2D eigenvalue weighted by Gasteiger charge is 2.24. The number of hydrogen-bond donors (Lipinski definition) is 1. The first-order valence-electron chi connectivity index (χ1n) is 11.2. The maximum atomic E-state index is 13.1. The minimum atomic E-state index is -0.240. The summed E-state index contributed by atoms with van der Waals surface area (Å²) >= 11 is 0. The molecule has 1 atom stereocenters. The van der Waals surface area contributed by atoms with E-state index in [0.717, 1.165) is 68.0 Å². The molecule has 1 unspecified atom stereocenters. The predicted molar refractivity (Wildman–Crippen MR) is 123 cm³/mol. The highest BCUT2D eigenvalue weighted by Crippen LogP contribution is 2.23. The summed E-state index contributed by atoms with van der Waals surface area (Å²) in [6.45, 7) is 7.20. The van der Waals surface area contributed by atoms with Gasteiger partial charge in [-0.25, -0.2) is 0 Å². The molecule has 6 nitrogen and oxygen atoms in total. The quantitative estimate of drug-likeness (QED) is 0.591. The van der Waals surface area contributed by atoms with Gasteiger partial charge in [-0.3, -0.25) is 14.5 Å². The molecule has 1 amide bonds. The SMILES string of the molecule is COc1ccc(CCn2c(C)cc(C(=O)CN3CCCC(CCC(N)=O)C3)c2C)cc1. The van der Waals surface area contributed by atoms with Gasteiger partial charge in [-0.15, -0.1) is 0 Å². The van der Waals surface area contributed by atoms with Crippen molar-refractivity contribution in [3.63, 3.8) is 0 Å². The number of carbonyl (C=O) groups excluding carboxylic acids is 2. The van der Waals surface area contributed by atoms with Crippen LogP contribution in [0, 0.1) is 19.8 Å². The van der Waals surface area contributed by atoms with E-state index in [1.807, 2.05) is 25.1 Å². The Morgan fingerprint density at radius 3 is 2.61 bits per heavy atom. The van der Waals surface area contributed by atoms with Gasteiger partial charge in [-0.2, -0.15) is 0 Å². The van der Waals surface area contributed by atoms with Gasteiger partial charge in [-0.05, 0) is 75.8 Å². The third-order valence-corrected chi connectivity index (χ3v) is 6.43. The van der Waals surface area contributed by atoms with Gasteiger partial charge >= 0.3 is 0 Å². The van der Waals surface area contributed by atoms with E-state index < -0.39 is 0 Å². The summed E-state index contributed by atoms with van der Waals surface area (Å²) in [6.07, 6.45) is 4.33. The number of aromatic nitrogens is 1. The van der Waals surface area contributed by atoms with E-state index in [1.54, 1.807) is 7.11 Å². The molecular formula is C25H35N3O3. The van der Waals surface area contributed by atoms with Crippen molar-refractivity contribution in [2.45, 2.75) is 52.5 Å². The molecule has 0 spiro atoms. The monoisotopic (exact) mass is 425 g/mol. The Labute approximate surface area is 185 Å². The summed E-state index contributed by atoms with van der Waals surface area (Å²) in [5, 5.41) is 0. The lowest BCUT2D eigenvalue weighted by Gasteiger charge is -2.32. The molecule has 2 heterocycles. The van der Waals surface area contributed by atoms with E-state index in [-0.39, 0.29) is 11.7 Å². The summed E-state index contributed by atoms with van der Waals surface area (Å²) in [7, 11) is 1.67. The maximum Gasteiger partial charge on any atom is 0.217 e. The van der Waals surface area contributed by atoms with Crippen LogP contribution in [0.4, 0.5) is 0 Å². The van der Waals surface area contributed by atoms with E-state index in [4.69, 9.17) is 10.5 Å². The lowest BCUT2D eigenvalue weighted by Crippen LogP contribution is -2.39. The molecular weight excluding hydrogens is 390 g/mol. The van der Waals surface area contributed by atoms with E-state index in [1.165, 1.54) is 5.56 Å². The first kappa shape index (κ1) is 23.1. The van der Waals surface area contributed by atoms with Crippen LogP contribution in [-0.4, -0.2) is 47.9 Å². The molecule has 1 aliphatic rings. The number of methoxy groups -OCH3 is 1. The van der Waals surface area contributed by atoms with Crippen LogP contribution < -0.4 is 10.5 Å². The topological polar surface area (TPSA) is 77.6 Å². The van der Waals surface area contributed by atoms with E-state index in [0.29, 0.717) is 18.9 Å². The summed E-state index contributed by atoms with van der Waals surface area (Å²) in [5.74, 6) is 1.25. The van der Waals surface area contributed by atoms with Crippen molar-refractivity contribution in [2.75, 3.05) is 26.7 Å². The molecule has 0 bridgehead atoms. The Balaban J connectivity index is 1.59. The Morgan fingerprint density at radius 1 is 1.19 bits per heavy atom. The zero-order valence-electron chi connectivity index (χ0n) is 19.0. The molecule has 168 valence electrons. The highest BCUT2D eigenvalue weighted by molar-refractivity contribution is 5.99. The number of Topliss-reactive ketones (excluding diaryl/α,β-unsaturated/α-hetero) is 1.